The van der Waals surface area contributed by atoms with Crippen LogP contribution in [0.3, 0.4) is 0 Å². The van der Waals surface area contributed by atoms with Crippen LogP contribution in [-0.2, 0) is 0 Å². The number of carbonyl (C=O) groups is 2. The zero-order valence-corrected chi connectivity index (χ0v) is 15.7. The van der Waals surface area contributed by atoms with E-state index in [-0.39, 0.29) is 22.3 Å². The molecule has 0 bridgehead atoms. The zero-order chi connectivity index (χ0) is 26.0. The Morgan fingerprint density at radius 1 is 0.710 bits per heavy atom. The number of phenols is 2. The zero-order valence-electron chi connectivity index (χ0n) is 19.7. The first kappa shape index (κ1) is 16.4. The van der Waals surface area contributed by atoms with Crippen molar-refractivity contribution in [3.8, 4) is 11.5 Å². The van der Waals surface area contributed by atoms with Gasteiger partial charge in [0, 0.05) is 5.56 Å². The van der Waals surface area contributed by atoms with Crippen LogP contribution in [0.5, 0.6) is 11.5 Å². The van der Waals surface area contributed by atoms with E-state index in [2.05, 4.69) is 0 Å². The lowest BCUT2D eigenvalue weighted by Gasteiger charge is -2.03. The van der Waals surface area contributed by atoms with E-state index in [1.807, 2.05) is 0 Å². The summed E-state index contributed by atoms with van der Waals surface area (Å²) in [6.07, 6.45) is 0. The highest BCUT2D eigenvalue weighted by molar-refractivity contribution is 5.92. The lowest BCUT2D eigenvalue weighted by atomic mass is 10.1. The van der Waals surface area contributed by atoms with Crippen molar-refractivity contribution in [2.45, 2.75) is 0 Å². The Labute approximate surface area is 182 Å². The molecule has 3 aromatic rings. The normalized spacial score (nSPS) is 14.4. The number of benzene rings is 3. The summed E-state index contributed by atoms with van der Waals surface area (Å²) >= 11 is 0. The number of hydrogen-bond donors (Lipinski definition) is 4. The van der Waals surface area contributed by atoms with Gasteiger partial charge in [0.2, 0.25) is 0 Å². The fourth-order valence-corrected chi connectivity index (χ4v) is 2.55. The number of carboxylic acids is 2. The Balaban J connectivity index is 2.02. The fraction of sp³-hybridized carbons (Fsp3) is 0. The van der Waals surface area contributed by atoms with E-state index >= 15 is 0 Å². The van der Waals surface area contributed by atoms with E-state index in [0.717, 1.165) is 36.4 Å². The van der Waals surface area contributed by atoms with Gasteiger partial charge in [-0.1, -0.05) is 48.5 Å². The molecule has 3 aromatic carbocycles. The molecule has 7 heteroatoms. The van der Waals surface area contributed by atoms with E-state index < -0.39 is 64.6 Å². The van der Waals surface area contributed by atoms with Crippen LogP contribution >= 0.6 is 0 Å². The highest BCUT2D eigenvalue weighted by Crippen LogP contribution is 2.22. The predicted octanol–water partition coefficient (Wildman–Crippen LogP) is 4.97. The van der Waals surface area contributed by atoms with Crippen molar-refractivity contribution in [3.63, 3.8) is 0 Å². The molecule has 0 unspecified atom stereocenters. The van der Waals surface area contributed by atoms with Gasteiger partial charge in [0.25, 0.3) is 0 Å². The van der Waals surface area contributed by atoms with Gasteiger partial charge in [-0.05, 0) is 47.0 Å². The van der Waals surface area contributed by atoms with Gasteiger partial charge in [0.05, 0.1) is 5.48 Å². The summed E-state index contributed by atoms with van der Waals surface area (Å²) in [4.78, 5) is 22.4. The van der Waals surface area contributed by atoms with E-state index in [0.29, 0.717) is 0 Å². The second kappa shape index (κ2) is 8.96. The SMILES string of the molecule is [2H]/C(=C(/[2H])c1ccc(O)c([13C](=O)O)c1)c1ccc(/C([2H])=C(\[2H])c2ccc(O)c([13C](=O)O)c2)c(F)c1. The van der Waals surface area contributed by atoms with Crippen LogP contribution in [0.15, 0.2) is 54.6 Å². The van der Waals surface area contributed by atoms with Gasteiger partial charge in [0.15, 0.2) is 0 Å². The van der Waals surface area contributed by atoms with Gasteiger partial charge in [-0.2, -0.15) is 0 Å². The molecule has 31 heavy (non-hydrogen) atoms. The first-order valence-corrected chi connectivity index (χ1v) is 8.71. The first-order valence-electron chi connectivity index (χ1n) is 10.7. The average molecular weight is 426 g/mol. The third-order valence-electron chi connectivity index (χ3n) is 4.12. The molecule has 0 saturated heterocycles. The molecule has 0 aliphatic rings. The van der Waals surface area contributed by atoms with Crippen molar-refractivity contribution in [2.24, 2.45) is 0 Å². The van der Waals surface area contributed by atoms with E-state index in [1.54, 1.807) is 0 Å². The predicted molar refractivity (Wildman–Crippen MR) is 114 cm³/mol. The van der Waals surface area contributed by atoms with Crippen molar-refractivity contribution >= 4 is 36.1 Å². The monoisotopic (exact) mass is 426 g/mol. The fourth-order valence-electron chi connectivity index (χ4n) is 2.55. The minimum Gasteiger partial charge on any atom is -0.507 e. The molecule has 3 rings (SSSR count). The minimum absolute atomic E-state index is 0.00534. The number of aromatic hydroxyl groups is 2. The number of carboxylic acid groups (broad SMARTS) is 2. The third kappa shape index (κ3) is 5.16. The Morgan fingerprint density at radius 2 is 1.13 bits per heavy atom. The highest BCUT2D eigenvalue weighted by atomic mass is 19.1. The van der Waals surface area contributed by atoms with Crippen molar-refractivity contribution in [1.29, 1.82) is 0 Å². The van der Waals surface area contributed by atoms with Crippen LogP contribution in [0.4, 0.5) is 4.39 Å². The van der Waals surface area contributed by atoms with Crippen LogP contribution in [0.25, 0.3) is 24.2 Å². The standard InChI is InChI=1S/C24H17FO6/c25-20-13-16(2-1-14-5-9-21(26)18(11-14)23(28)29)4-8-17(20)7-3-15-6-10-22(27)19(12-15)24(30)31/h1-13,26-27H,(H,28,29)(H,30,31)/b2-1+,7-3+/i1D,2D,3D,7D,23+1,24+1. The number of halogens is 1. The lowest BCUT2D eigenvalue weighted by Crippen LogP contribution is -1.96. The summed E-state index contributed by atoms with van der Waals surface area (Å²) in [5.74, 6) is -4.89. The summed E-state index contributed by atoms with van der Waals surface area (Å²) in [5.41, 5.74) is -1.35. The highest BCUT2D eigenvalue weighted by Gasteiger charge is 2.10. The van der Waals surface area contributed by atoms with Gasteiger partial charge in [0.1, 0.15) is 28.4 Å². The second-order valence-electron chi connectivity index (χ2n) is 6.27. The summed E-state index contributed by atoms with van der Waals surface area (Å²) < 4.78 is 47.6. The molecule has 4 N–H and O–H groups in total. The maximum atomic E-state index is 14.8. The van der Waals surface area contributed by atoms with E-state index in [9.17, 15) is 24.2 Å². The molecule has 0 spiro atoms. The average Bonchev–Trinajstić information content (AvgIpc) is 2.82. The largest absolute Gasteiger partial charge is 0.507 e. The smallest absolute Gasteiger partial charge is 0.339 e. The molecule has 0 aliphatic heterocycles. The van der Waals surface area contributed by atoms with Gasteiger partial charge in [-0.25, -0.2) is 14.0 Å². The van der Waals surface area contributed by atoms with Crippen LogP contribution < -0.4 is 0 Å². The van der Waals surface area contributed by atoms with Crippen molar-refractivity contribution in [3.05, 3.63) is 93.8 Å². The first-order chi connectivity index (χ1) is 16.4. The molecule has 0 saturated carbocycles. The topological polar surface area (TPSA) is 115 Å². The molecule has 0 atom stereocenters. The summed E-state index contributed by atoms with van der Waals surface area (Å²) in [6.45, 7) is 0. The molecule has 0 aliphatic carbocycles. The molecular weight excluding hydrogens is 405 g/mol. The van der Waals surface area contributed by atoms with Crippen LogP contribution in [0, 0.1) is 5.82 Å². The van der Waals surface area contributed by atoms with Gasteiger partial charge in [-0.3, -0.25) is 0 Å². The molecule has 0 fully saturated rings. The second-order valence-corrected chi connectivity index (χ2v) is 6.27. The third-order valence-corrected chi connectivity index (χ3v) is 4.12. The van der Waals surface area contributed by atoms with E-state index in [1.165, 1.54) is 18.2 Å². The lowest BCUT2D eigenvalue weighted by molar-refractivity contribution is 0.0682. The summed E-state index contributed by atoms with van der Waals surface area (Å²) in [6, 6.07) is 7.84. The van der Waals surface area contributed by atoms with Crippen molar-refractivity contribution in [1.82, 2.24) is 0 Å². The summed E-state index contributed by atoms with van der Waals surface area (Å²) in [5, 5.41) is 37.5. The quantitative estimate of drug-likeness (QED) is 0.327. The van der Waals surface area contributed by atoms with Crippen LogP contribution in [0.2, 0.25) is 0 Å². The number of aromatic carboxylic acids is 2. The van der Waals surface area contributed by atoms with E-state index in [4.69, 9.17) is 15.7 Å². The van der Waals surface area contributed by atoms with Crippen LogP contribution in [-0.4, -0.2) is 32.4 Å². The maximum absolute atomic E-state index is 14.8. The Morgan fingerprint density at radius 3 is 1.58 bits per heavy atom. The molecule has 6 nitrogen and oxygen atoms in total. The molecule has 0 radical (unpaired) electrons. The molecule has 0 amide bonds. The minimum atomic E-state index is -1.44. The Hall–Kier alpha value is -4.39. The van der Waals surface area contributed by atoms with Gasteiger partial charge < -0.3 is 20.4 Å². The van der Waals surface area contributed by atoms with Crippen molar-refractivity contribution < 1.29 is 39.9 Å². The number of rotatable bonds is 6. The molecule has 156 valence electrons. The van der Waals surface area contributed by atoms with Crippen LogP contribution in [0.1, 0.15) is 48.5 Å². The molecule has 0 aromatic heterocycles. The van der Waals surface area contributed by atoms with Gasteiger partial charge >= 0.3 is 11.9 Å². The Kier molecular flexibility index (Phi) is 4.74. The van der Waals surface area contributed by atoms with Crippen molar-refractivity contribution in [2.75, 3.05) is 0 Å². The van der Waals surface area contributed by atoms with Gasteiger partial charge in [-0.15, -0.1) is 0 Å². The molecule has 0 heterocycles. The Bertz CT molecular complexity index is 1430. The maximum Gasteiger partial charge on any atom is 0.339 e. The molecular formula is C24H17FO6. The number of hydrogen-bond acceptors (Lipinski definition) is 4. The summed E-state index contributed by atoms with van der Waals surface area (Å²) in [7, 11) is 0.